The standard InChI is InChI=1S/C22H32N4O2S/c1-15-16(2)29-21(26-15)11-12-24-22(23-3)25-14-17-9-10-19(27-4)13-20(17)28-18-7-5-6-8-18/h9-10,13,18H,5-8,11-12,14H2,1-4H3,(H2,23,24,25). The fourth-order valence-electron chi connectivity index (χ4n) is 3.44. The zero-order valence-corrected chi connectivity index (χ0v) is 18.7. The van der Waals surface area contributed by atoms with Crippen LogP contribution in [0, 0.1) is 13.8 Å². The first kappa shape index (κ1) is 21.4. The molecule has 0 amide bonds. The lowest BCUT2D eigenvalue weighted by Gasteiger charge is -2.18. The Labute approximate surface area is 177 Å². The van der Waals surface area contributed by atoms with Crippen molar-refractivity contribution in [2.24, 2.45) is 4.99 Å². The van der Waals surface area contributed by atoms with Gasteiger partial charge in [0.2, 0.25) is 0 Å². The molecular formula is C22H32N4O2S. The molecule has 6 nitrogen and oxygen atoms in total. The molecule has 158 valence electrons. The Morgan fingerprint density at radius 2 is 2.03 bits per heavy atom. The predicted molar refractivity (Wildman–Crippen MR) is 119 cm³/mol. The largest absolute Gasteiger partial charge is 0.497 e. The molecule has 29 heavy (non-hydrogen) atoms. The van der Waals surface area contributed by atoms with Crippen LogP contribution in [0.4, 0.5) is 0 Å². The van der Waals surface area contributed by atoms with E-state index in [0.717, 1.165) is 59.5 Å². The minimum atomic E-state index is 0.309. The topological polar surface area (TPSA) is 67.8 Å². The number of aryl methyl sites for hydroxylation is 2. The van der Waals surface area contributed by atoms with Crippen LogP contribution >= 0.6 is 11.3 Å². The van der Waals surface area contributed by atoms with Gasteiger partial charge in [-0.2, -0.15) is 0 Å². The molecule has 2 aromatic rings. The maximum absolute atomic E-state index is 6.28. The minimum Gasteiger partial charge on any atom is -0.497 e. The number of hydrogen-bond acceptors (Lipinski definition) is 5. The Bertz CT molecular complexity index is 809. The zero-order valence-electron chi connectivity index (χ0n) is 17.9. The number of nitrogens with zero attached hydrogens (tertiary/aromatic N) is 2. The Balaban J connectivity index is 1.55. The van der Waals surface area contributed by atoms with Crippen molar-refractivity contribution in [1.82, 2.24) is 15.6 Å². The Morgan fingerprint density at radius 1 is 1.24 bits per heavy atom. The van der Waals surface area contributed by atoms with Gasteiger partial charge in [0.25, 0.3) is 0 Å². The molecule has 1 aliphatic rings. The molecule has 3 rings (SSSR count). The molecule has 0 saturated heterocycles. The number of guanidine groups is 1. The van der Waals surface area contributed by atoms with E-state index in [9.17, 15) is 0 Å². The molecule has 0 aliphatic heterocycles. The van der Waals surface area contributed by atoms with Gasteiger partial charge < -0.3 is 20.1 Å². The summed E-state index contributed by atoms with van der Waals surface area (Å²) in [6.07, 6.45) is 5.95. The summed E-state index contributed by atoms with van der Waals surface area (Å²) in [4.78, 5) is 10.2. The van der Waals surface area contributed by atoms with Gasteiger partial charge in [-0.1, -0.05) is 0 Å². The average Bonchev–Trinajstić information content (AvgIpc) is 3.34. The number of thiazole rings is 1. The molecule has 0 bridgehead atoms. The van der Waals surface area contributed by atoms with Crippen molar-refractivity contribution in [3.8, 4) is 11.5 Å². The van der Waals surface area contributed by atoms with Gasteiger partial charge in [0.1, 0.15) is 11.5 Å². The van der Waals surface area contributed by atoms with Crippen LogP contribution in [0.5, 0.6) is 11.5 Å². The highest BCUT2D eigenvalue weighted by Gasteiger charge is 2.18. The number of methoxy groups -OCH3 is 1. The van der Waals surface area contributed by atoms with Crippen LogP contribution in [0.1, 0.15) is 46.8 Å². The van der Waals surface area contributed by atoms with Gasteiger partial charge in [0.15, 0.2) is 5.96 Å². The third kappa shape index (κ3) is 6.10. The SMILES string of the molecule is CN=C(NCCc1nc(C)c(C)s1)NCc1ccc(OC)cc1OC1CCCC1. The quantitative estimate of drug-likeness (QED) is 0.503. The molecule has 7 heteroatoms. The van der Waals surface area contributed by atoms with E-state index in [4.69, 9.17) is 9.47 Å². The van der Waals surface area contributed by atoms with Gasteiger partial charge in [0.05, 0.1) is 23.9 Å². The highest BCUT2D eigenvalue weighted by atomic mass is 32.1. The Hall–Kier alpha value is -2.28. The fraction of sp³-hybridized carbons (Fsp3) is 0.545. The first-order valence-electron chi connectivity index (χ1n) is 10.3. The summed E-state index contributed by atoms with van der Waals surface area (Å²) in [6, 6.07) is 6.02. The number of aromatic nitrogens is 1. The number of rotatable bonds is 8. The average molecular weight is 417 g/mol. The number of nitrogens with one attached hydrogen (secondary N) is 2. The number of benzene rings is 1. The molecule has 0 radical (unpaired) electrons. The molecule has 1 fully saturated rings. The van der Waals surface area contributed by atoms with Crippen LogP contribution < -0.4 is 20.1 Å². The van der Waals surface area contributed by atoms with Crippen LogP contribution in [0.15, 0.2) is 23.2 Å². The monoisotopic (exact) mass is 416 g/mol. The maximum atomic E-state index is 6.28. The summed E-state index contributed by atoms with van der Waals surface area (Å²) in [6.45, 7) is 5.61. The smallest absolute Gasteiger partial charge is 0.191 e. The summed E-state index contributed by atoms with van der Waals surface area (Å²) < 4.78 is 11.7. The van der Waals surface area contributed by atoms with E-state index in [2.05, 4.69) is 40.5 Å². The van der Waals surface area contributed by atoms with E-state index < -0.39 is 0 Å². The molecule has 1 aliphatic carbocycles. The van der Waals surface area contributed by atoms with Crippen molar-refractivity contribution < 1.29 is 9.47 Å². The second-order valence-electron chi connectivity index (χ2n) is 7.35. The first-order chi connectivity index (χ1) is 14.1. The van der Waals surface area contributed by atoms with E-state index in [1.165, 1.54) is 17.7 Å². The van der Waals surface area contributed by atoms with Crippen LogP contribution in [0.25, 0.3) is 0 Å². The van der Waals surface area contributed by atoms with Gasteiger partial charge >= 0.3 is 0 Å². The third-order valence-electron chi connectivity index (χ3n) is 5.24. The summed E-state index contributed by atoms with van der Waals surface area (Å²) >= 11 is 1.76. The molecule has 0 spiro atoms. The molecule has 2 N–H and O–H groups in total. The van der Waals surface area contributed by atoms with E-state index in [1.54, 1.807) is 25.5 Å². The van der Waals surface area contributed by atoms with Gasteiger partial charge in [-0.15, -0.1) is 11.3 Å². The summed E-state index contributed by atoms with van der Waals surface area (Å²) in [5.41, 5.74) is 2.23. The number of aliphatic imine (C=N–C) groups is 1. The Kier molecular flexibility index (Phi) is 7.75. The van der Waals surface area contributed by atoms with Crippen molar-refractivity contribution in [1.29, 1.82) is 0 Å². The zero-order chi connectivity index (χ0) is 20.6. The van der Waals surface area contributed by atoms with Gasteiger partial charge in [-0.25, -0.2) is 4.98 Å². The lowest BCUT2D eigenvalue weighted by molar-refractivity contribution is 0.207. The van der Waals surface area contributed by atoms with Crippen molar-refractivity contribution >= 4 is 17.3 Å². The molecule has 0 atom stereocenters. The summed E-state index contributed by atoms with van der Waals surface area (Å²) in [5.74, 6) is 2.49. The highest BCUT2D eigenvalue weighted by molar-refractivity contribution is 7.11. The second-order valence-corrected chi connectivity index (χ2v) is 8.64. The molecule has 0 unspecified atom stereocenters. The second kappa shape index (κ2) is 10.5. The summed E-state index contributed by atoms with van der Waals surface area (Å²) in [5, 5.41) is 7.92. The normalized spacial score (nSPS) is 14.8. The van der Waals surface area contributed by atoms with E-state index >= 15 is 0 Å². The van der Waals surface area contributed by atoms with Crippen molar-refractivity contribution in [3.05, 3.63) is 39.3 Å². The summed E-state index contributed by atoms with van der Waals surface area (Å²) in [7, 11) is 3.47. The molecular weight excluding hydrogens is 384 g/mol. The van der Waals surface area contributed by atoms with E-state index in [-0.39, 0.29) is 0 Å². The van der Waals surface area contributed by atoms with Crippen LogP contribution in [0.3, 0.4) is 0 Å². The Morgan fingerprint density at radius 3 is 2.69 bits per heavy atom. The lowest BCUT2D eigenvalue weighted by atomic mass is 10.2. The van der Waals surface area contributed by atoms with E-state index in [0.29, 0.717) is 12.6 Å². The number of hydrogen-bond donors (Lipinski definition) is 2. The third-order valence-corrected chi connectivity index (χ3v) is 6.38. The van der Waals surface area contributed by atoms with Crippen LogP contribution in [-0.4, -0.2) is 37.7 Å². The first-order valence-corrected chi connectivity index (χ1v) is 11.1. The number of ether oxygens (including phenoxy) is 2. The van der Waals surface area contributed by atoms with E-state index in [1.807, 2.05) is 12.1 Å². The fourth-order valence-corrected chi connectivity index (χ4v) is 4.37. The van der Waals surface area contributed by atoms with Gasteiger partial charge in [-0.05, 0) is 51.7 Å². The van der Waals surface area contributed by atoms with Crippen molar-refractivity contribution in [2.45, 2.75) is 58.6 Å². The van der Waals surface area contributed by atoms with Gasteiger partial charge in [-0.3, -0.25) is 4.99 Å². The highest BCUT2D eigenvalue weighted by Crippen LogP contribution is 2.30. The van der Waals surface area contributed by atoms with Crippen LogP contribution in [-0.2, 0) is 13.0 Å². The van der Waals surface area contributed by atoms with Crippen molar-refractivity contribution in [3.63, 3.8) is 0 Å². The molecule has 1 aromatic heterocycles. The molecule has 1 aromatic carbocycles. The maximum Gasteiger partial charge on any atom is 0.191 e. The predicted octanol–water partition coefficient (Wildman–Crippen LogP) is 4.00. The lowest BCUT2D eigenvalue weighted by Crippen LogP contribution is -2.38. The molecule has 1 saturated carbocycles. The van der Waals surface area contributed by atoms with Crippen LogP contribution in [0.2, 0.25) is 0 Å². The van der Waals surface area contributed by atoms with Gasteiger partial charge in [0, 0.05) is 43.1 Å². The minimum absolute atomic E-state index is 0.309. The van der Waals surface area contributed by atoms with Crippen molar-refractivity contribution in [2.75, 3.05) is 20.7 Å². The molecule has 1 heterocycles.